The van der Waals surface area contributed by atoms with Gasteiger partial charge in [-0.3, -0.25) is 4.98 Å². The maximum absolute atomic E-state index is 9.63. The highest BCUT2D eigenvalue weighted by molar-refractivity contribution is 5.27. The number of nitrogens with one attached hydrogen (secondary N) is 1. The zero-order chi connectivity index (χ0) is 12.2. The summed E-state index contributed by atoms with van der Waals surface area (Å²) in [7, 11) is 1.67. The van der Waals surface area contributed by atoms with E-state index in [1.165, 1.54) is 0 Å². The van der Waals surface area contributed by atoms with Crippen molar-refractivity contribution < 1.29 is 9.84 Å². The van der Waals surface area contributed by atoms with Gasteiger partial charge in [0.2, 0.25) is 0 Å². The van der Waals surface area contributed by atoms with Gasteiger partial charge in [0.1, 0.15) is 5.75 Å². The normalized spacial score (nSPS) is 11.8. The van der Waals surface area contributed by atoms with Crippen molar-refractivity contribution in [3.05, 3.63) is 23.5 Å². The van der Waals surface area contributed by atoms with E-state index in [0.29, 0.717) is 18.8 Å². The van der Waals surface area contributed by atoms with E-state index in [2.05, 4.69) is 10.3 Å². The maximum Gasteiger partial charge on any atom is 0.138 e. The van der Waals surface area contributed by atoms with Crippen LogP contribution in [0, 0.1) is 6.92 Å². The minimum absolute atomic E-state index is 0.132. The molecule has 1 aromatic rings. The van der Waals surface area contributed by atoms with Crippen molar-refractivity contribution in [2.45, 2.75) is 32.9 Å². The van der Waals surface area contributed by atoms with Crippen molar-refractivity contribution in [3.8, 4) is 5.75 Å². The van der Waals surface area contributed by atoms with E-state index in [1.54, 1.807) is 19.2 Å². The molecule has 0 aliphatic rings. The molecular formula is C12H20N2O2. The van der Waals surface area contributed by atoms with E-state index >= 15 is 0 Å². The van der Waals surface area contributed by atoms with Crippen molar-refractivity contribution >= 4 is 0 Å². The Hall–Kier alpha value is -1.13. The van der Waals surface area contributed by atoms with Crippen LogP contribution in [-0.2, 0) is 11.3 Å². The fourth-order valence-electron chi connectivity index (χ4n) is 1.47. The van der Waals surface area contributed by atoms with Gasteiger partial charge >= 0.3 is 0 Å². The lowest BCUT2D eigenvalue weighted by Gasteiger charge is -2.25. The van der Waals surface area contributed by atoms with Gasteiger partial charge in [0.25, 0.3) is 0 Å². The van der Waals surface area contributed by atoms with E-state index in [1.807, 2.05) is 20.8 Å². The summed E-state index contributed by atoms with van der Waals surface area (Å²) in [6.07, 6.45) is 0. The first kappa shape index (κ1) is 12.9. The number of hydrogen-bond donors (Lipinski definition) is 2. The first-order chi connectivity index (χ1) is 7.44. The molecule has 16 heavy (non-hydrogen) atoms. The van der Waals surface area contributed by atoms with Gasteiger partial charge in [0.05, 0.1) is 12.3 Å². The smallest absolute Gasteiger partial charge is 0.138 e. The highest BCUT2D eigenvalue weighted by Gasteiger charge is 2.17. The molecular weight excluding hydrogens is 204 g/mol. The summed E-state index contributed by atoms with van der Waals surface area (Å²) in [5.41, 5.74) is 1.44. The number of nitrogens with zero attached hydrogens (tertiary/aromatic N) is 1. The summed E-state index contributed by atoms with van der Waals surface area (Å²) < 4.78 is 5.10. The average molecular weight is 224 g/mol. The first-order valence-corrected chi connectivity index (χ1v) is 5.34. The molecule has 0 radical (unpaired) electrons. The van der Waals surface area contributed by atoms with E-state index in [4.69, 9.17) is 4.74 Å². The summed E-state index contributed by atoms with van der Waals surface area (Å²) in [5, 5.41) is 12.9. The molecule has 0 amide bonds. The molecule has 1 aromatic heterocycles. The summed E-state index contributed by atoms with van der Waals surface area (Å²) >= 11 is 0. The Bertz CT molecular complexity index is 351. The van der Waals surface area contributed by atoms with Crippen LogP contribution in [0.1, 0.15) is 25.2 Å². The Kier molecular flexibility index (Phi) is 4.26. The van der Waals surface area contributed by atoms with Gasteiger partial charge in [-0.25, -0.2) is 0 Å². The van der Waals surface area contributed by atoms with Gasteiger partial charge in [0, 0.05) is 24.9 Å². The molecule has 4 nitrogen and oxygen atoms in total. The van der Waals surface area contributed by atoms with Gasteiger partial charge in [-0.2, -0.15) is 0 Å². The first-order valence-electron chi connectivity index (χ1n) is 5.34. The number of ether oxygens (including phenoxy) is 1. The van der Waals surface area contributed by atoms with Gasteiger partial charge in [0.15, 0.2) is 0 Å². The molecule has 0 bridgehead atoms. The molecule has 4 heteroatoms. The number of hydrogen-bond acceptors (Lipinski definition) is 4. The average Bonchev–Trinajstić information content (AvgIpc) is 2.19. The number of rotatable bonds is 5. The van der Waals surface area contributed by atoms with Crippen LogP contribution in [0.4, 0.5) is 0 Å². The second-order valence-electron chi connectivity index (χ2n) is 4.59. The summed E-state index contributed by atoms with van der Waals surface area (Å²) in [4.78, 5) is 4.28. The molecule has 0 atom stereocenters. The molecule has 1 rings (SSSR count). The number of pyridine rings is 1. The van der Waals surface area contributed by atoms with Gasteiger partial charge in [-0.05, 0) is 32.9 Å². The minimum atomic E-state index is -0.132. The Morgan fingerprint density at radius 1 is 1.44 bits per heavy atom. The standard InChI is InChI=1S/C12H20N2O2/c1-9-5-6-11(15)10(14-9)7-13-12(2,3)8-16-4/h5-6,13,15H,7-8H2,1-4H3. The molecule has 0 fully saturated rings. The van der Waals surface area contributed by atoms with E-state index in [0.717, 1.165) is 5.69 Å². The Morgan fingerprint density at radius 2 is 2.12 bits per heavy atom. The van der Waals surface area contributed by atoms with Crippen LogP contribution < -0.4 is 5.32 Å². The van der Waals surface area contributed by atoms with Crippen LogP contribution >= 0.6 is 0 Å². The quantitative estimate of drug-likeness (QED) is 0.798. The molecule has 90 valence electrons. The van der Waals surface area contributed by atoms with Crippen LogP contribution in [0.15, 0.2) is 12.1 Å². The molecule has 2 N–H and O–H groups in total. The predicted molar refractivity (Wildman–Crippen MR) is 63.4 cm³/mol. The second-order valence-corrected chi connectivity index (χ2v) is 4.59. The predicted octanol–water partition coefficient (Wildman–Crippen LogP) is 1.61. The third-order valence-corrected chi connectivity index (χ3v) is 2.33. The van der Waals surface area contributed by atoms with Crippen LogP contribution in [0.2, 0.25) is 0 Å². The molecule has 0 saturated heterocycles. The Balaban J connectivity index is 2.63. The highest BCUT2D eigenvalue weighted by atomic mass is 16.5. The lowest BCUT2D eigenvalue weighted by atomic mass is 10.1. The molecule has 0 aliphatic carbocycles. The number of aromatic nitrogens is 1. The monoisotopic (exact) mass is 224 g/mol. The third kappa shape index (κ3) is 3.79. The topological polar surface area (TPSA) is 54.4 Å². The molecule has 0 aliphatic heterocycles. The lowest BCUT2D eigenvalue weighted by Crippen LogP contribution is -2.42. The largest absolute Gasteiger partial charge is 0.506 e. The fraction of sp³-hybridized carbons (Fsp3) is 0.583. The van der Waals surface area contributed by atoms with Crippen LogP contribution in [0.5, 0.6) is 5.75 Å². The third-order valence-electron chi connectivity index (χ3n) is 2.33. The number of aryl methyl sites for hydroxylation is 1. The second kappa shape index (κ2) is 5.27. The molecule has 0 aromatic carbocycles. The van der Waals surface area contributed by atoms with Crippen molar-refractivity contribution in [2.75, 3.05) is 13.7 Å². The van der Waals surface area contributed by atoms with Gasteiger partial charge in [-0.15, -0.1) is 0 Å². The summed E-state index contributed by atoms with van der Waals surface area (Å²) in [6, 6.07) is 3.46. The van der Waals surface area contributed by atoms with Crippen molar-refractivity contribution in [1.29, 1.82) is 0 Å². The minimum Gasteiger partial charge on any atom is -0.506 e. The summed E-state index contributed by atoms with van der Waals surface area (Å²) in [5.74, 6) is 0.228. The van der Waals surface area contributed by atoms with Crippen molar-refractivity contribution in [2.24, 2.45) is 0 Å². The van der Waals surface area contributed by atoms with Gasteiger partial charge < -0.3 is 15.2 Å². The maximum atomic E-state index is 9.63. The molecule has 1 heterocycles. The van der Waals surface area contributed by atoms with Crippen molar-refractivity contribution in [1.82, 2.24) is 10.3 Å². The fourth-order valence-corrected chi connectivity index (χ4v) is 1.47. The Morgan fingerprint density at radius 3 is 2.75 bits per heavy atom. The highest BCUT2D eigenvalue weighted by Crippen LogP contribution is 2.15. The zero-order valence-electron chi connectivity index (χ0n) is 10.4. The van der Waals surface area contributed by atoms with E-state index < -0.39 is 0 Å². The molecule has 0 spiro atoms. The van der Waals surface area contributed by atoms with Crippen LogP contribution in [0.3, 0.4) is 0 Å². The summed E-state index contributed by atoms with van der Waals surface area (Å²) in [6.45, 7) is 7.14. The van der Waals surface area contributed by atoms with Gasteiger partial charge in [-0.1, -0.05) is 0 Å². The SMILES string of the molecule is COCC(C)(C)NCc1nc(C)ccc1O. The van der Waals surface area contributed by atoms with Crippen LogP contribution in [0.25, 0.3) is 0 Å². The number of methoxy groups -OCH3 is 1. The van der Waals surface area contributed by atoms with Crippen molar-refractivity contribution in [3.63, 3.8) is 0 Å². The van der Waals surface area contributed by atoms with E-state index in [9.17, 15) is 5.11 Å². The lowest BCUT2D eigenvalue weighted by molar-refractivity contribution is 0.127. The molecule has 0 saturated carbocycles. The van der Waals surface area contributed by atoms with Crippen LogP contribution in [-0.4, -0.2) is 29.3 Å². The molecule has 0 unspecified atom stereocenters. The number of aromatic hydroxyl groups is 1. The van der Waals surface area contributed by atoms with E-state index in [-0.39, 0.29) is 11.3 Å². The Labute approximate surface area is 96.7 Å². The zero-order valence-corrected chi connectivity index (χ0v) is 10.4.